The number of nitrogens with zero attached hydrogens (tertiary/aromatic N) is 1. The molecular weight excluding hydrogens is 415 g/mol. The lowest BCUT2D eigenvalue weighted by molar-refractivity contribution is -0.115. The number of hydrogen-bond acceptors (Lipinski definition) is 3. The van der Waals surface area contributed by atoms with Crippen molar-refractivity contribution in [3.8, 4) is 11.3 Å². The lowest BCUT2D eigenvalue weighted by Gasteiger charge is -2.05. The smallest absolute Gasteiger partial charge is 0.230 e. The van der Waals surface area contributed by atoms with Crippen LogP contribution >= 0.6 is 38.9 Å². The number of carbonyl (C=O) groups excluding carboxylic acids is 1. The second kappa shape index (κ2) is 7.42. The maximum absolute atomic E-state index is 13.7. The molecule has 7 heteroatoms. The fourth-order valence-electron chi connectivity index (χ4n) is 2.11. The van der Waals surface area contributed by atoms with Crippen molar-refractivity contribution in [2.24, 2.45) is 0 Å². The van der Waals surface area contributed by atoms with Crippen LogP contribution < -0.4 is 5.32 Å². The Morgan fingerprint density at radius 1 is 1.25 bits per heavy atom. The first-order valence-corrected chi connectivity index (χ1v) is 9.02. The molecule has 2 aromatic carbocycles. The second-order valence-electron chi connectivity index (χ2n) is 4.97. The Bertz CT molecular complexity index is 862. The summed E-state index contributed by atoms with van der Waals surface area (Å²) in [5.41, 5.74) is 1.90. The topological polar surface area (TPSA) is 42.0 Å². The first-order chi connectivity index (χ1) is 11.5. The third-order valence-electron chi connectivity index (χ3n) is 3.29. The zero-order chi connectivity index (χ0) is 17.1. The van der Waals surface area contributed by atoms with E-state index >= 15 is 0 Å². The zero-order valence-electron chi connectivity index (χ0n) is 12.2. The lowest BCUT2D eigenvalue weighted by atomic mass is 10.1. The van der Waals surface area contributed by atoms with Gasteiger partial charge in [-0.1, -0.05) is 45.7 Å². The van der Waals surface area contributed by atoms with Crippen LogP contribution in [-0.4, -0.2) is 10.9 Å². The minimum Gasteiger partial charge on any atom is -0.302 e. The molecule has 0 spiro atoms. The summed E-state index contributed by atoms with van der Waals surface area (Å²) in [7, 11) is 0. The molecule has 0 aliphatic heterocycles. The summed E-state index contributed by atoms with van der Waals surface area (Å²) >= 11 is 10.6. The Labute approximate surface area is 155 Å². The Balaban J connectivity index is 1.70. The number of anilines is 1. The number of aromatic nitrogens is 1. The molecule has 3 aromatic rings. The summed E-state index contributed by atoms with van der Waals surface area (Å²) in [4.78, 5) is 16.5. The van der Waals surface area contributed by atoms with E-state index in [4.69, 9.17) is 11.6 Å². The van der Waals surface area contributed by atoms with Crippen molar-refractivity contribution in [1.29, 1.82) is 0 Å². The van der Waals surface area contributed by atoms with Crippen LogP contribution in [0, 0.1) is 5.82 Å². The fourth-order valence-corrected chi connectivity index (χ4v) is 3.34. The van der Waals surface area contributed by atoms with Gasteiger partial charge in [-0.25, -0.2) is 9.37 Å². The molecule has 24 heavy (non-hydrogen) atoms. The van der Waals surface area contributed by atoms with Gasteiger partial charge in [0.05, 0.1) is 12.1 Å². The molecule has 0 atom stereocenters. The highest BCUT2D eigenvalue weighted by Crippen LogP contribution is 2.26. The van der Waals surface area contributed by atoms with E-state index in [2.05, 4.69) is 26.2 Å². The third kappa shape index (κ3) is 4.01. The number of carbonyl (C=O) groups is 1. The molecule has 0 saturated carbocycles. The minimum absolute atomic E-state index is 0.140. The highest BCUT2D eigenvalue weighted by molar-refractivity contribution is 9.10. The normalized spacial score (nSPS) is 10.6. The Morgan fingerprint density at radius 3 is 2.71 bits per heavy atom. The largest absolute Gasteiger partial charge is 0.302 e. The van der Waals surface area contributed by atoms with Crippen LogP contribution in [0.5, 0.6) is 0 Å². The van der Waals surface area contributed by atoms with Gasteiger partial charge in [-0.3, -0.25) is 4.79 Å². The molecule has 3 nitrogen and oxygen atoms in total. The van der Waals surface area contributed by atoms with Gasteiger partial charge in [0.1, 0.15) is 5.82 Å². The average Bonchev–Trinajstić information content (AvgIpc) is 3.00. The number of rotatable bonds is 4. The van der Waals surface area contributed by atoms with Crippen LogP contribution in [0.3, 0.4) is 0 Å². The molecule has 122 valence electrons. The van der Waals surface area contributed by atoms with Crippen molar-refractivity contribution in [2.45, 2.75) is 6.42 Å². The summed E-state index contributed by atoms with van der Waals surface area (Å²) < 4.78 is 14.7. The lowest BCUT2D eigenvalue weighted by Crippen LogP contribution is -2.15. The van der Waals surface area contributed by atoms with E-state index in [0.29, 0.717) is 5.13 Å². The summed E-state index contributed by atoms with van der Waals surface area (Å²) in [6.07, 6.45) is -0.140. The number of halogens is 3. The van der Waals surface area contributed by atoms with Crippen LogP contribution in [0.1, 0.15) is 5.56 Å². The summed E-state index contributed by atoms with van der Waals surface area (Å²) in [5, 5.41) is 5.24. The van der Waals surface area contributed by atoms with E-state index in [1.807, 2.05) is 29.6 Å². The summed E-state index contributed by atoms with van der Waals surface area (Å²) in [6, 6.07) is 12.1. The van der Waals surface area contributed by atoms with Crippen molar-refractivity contribution in [1.82, 2.24) is 4.98 Å². The molecule has 0 saturated heterocycles. The van der Waals surface area contributed by atoms with Gasteiger partial charge in [0, 0.05) is 26.0 Å². The van der Waals surface area contributed by atoms with Gasteiger partial charge in [-0.15, -0.1) is 11.3 Å². The van der Waals surface area contributed by atoms with Gasteiger partial charge in [-0.2, -0.15) is 0 Å². The van der Waals surface area contributed by atoms with Crippen molar-refractivity contribution in [2.75, 3.05) is 5.32 Å². The highest BCUT2D eigenvalue weighted by atomic mass is 79.9. The van der Waals surface area contributed by atoms with E-state index < -0.39 is 5.82 Å². The fraction of sp³-hybridized carbons (Fsp3) is 0.0588. The van der Waals surface area contributed by atoms with Crippen LogP contribution in [0.25, 0.3) is 11.3 Å². The highest BCUT2D eigenvalue weighted by Gasteiger charge is 2.13. The number of amides is 1. The van der Waals surface area contributed by atoms with E-state index in [9.17, 15) is 9.18 Å². The maximum Gasteiger partial charge on any atom is 0.230 e. The van der Waals surface area contributed by atoms with Crippen molar-refractivity contribution >= 4 is 49.9 Å². The van der Waals surface area contributed by atoms with Gasteiger partial charge < -0.3 is 5.32 Å². The molecule has 1 aromatic heterocycles. The molecule has 0 unspecified atom stereocenters. The van der Waals surface area contributed by atoms with E-state index in [1.54, 1.807) is 6.07 Å². The molecule has 1 N–H and O–H groups in total. The quantitative estimate of drug-likeness (QED) is 0.596. The van der Waals surface area contributed by atoms with E-state index in [-0.39, 0.29) is 22.9 Å². The maximum atomic E-state index is 13.7. The van der Waals surface area contributed by atoms with Gasteiger partial charge in [-0.05, 0) is 24.3 Å². The predicted octanol–water partition coefficient (Wildman–Crippen LogP) is 5.55. The van der Waals surface area contributed by atoms with Gasteiger partial charge in [0.15, 0.2) is 5.13 Å². The van der Waals surface area contributed by atoms with E-state index in [0.717, 1.165) is 15.7 Å². The standard InChI is InChI=1S/C17H11BrClFN2OS/c18-11-6-4-10(5-7-11)15-9-24-17(21-15)22-16(23)8-12-13(19)2-1-3-14(12)20/h1-7,9H,8H2,(H,21,22,23). The van der Waals surface area contributed by atoms with Crippen LogP contribution in [-0.2, 0) is 11.2 Å². The van der Waals surface area contributed by atoms with Crippen molar-refractivity contribution in [3.63, 3.8) is 0 Å². The molecule has 3 rings (SSSR count). The van der Waals surface area contributed by atoms with Crippen LogP contribution in [0.2, 0.25) is 5.02 Å². The first kappa shape index (κ1) is 17.1. The molecule has 0 radical (unpaired) electrons. The average molecular weight is 426 g/mol. The van der Waals surface area contributed by atoms with Crippen molar-refractivity contribution < 1.29 is 9.18 Å². The number of thiazole rings is 1. The van der Waals surface area contributed by atoms with Crippen molar-refractivity contribution in [3.05, 3.63) is 68.7 Å². The zero-order valence-corrected chi connectivity index (χ0v) is 15.4. The molecular formula is C17H11BrClFN2OS. The Morgan fingerprint density at radius 2 is 2.00 bits per heavy atom. The van der Waals surface area contributed by atoms with Crippen LogP contribution in [0.15, 0.2) is 52.3 Å². The van der Waals surface area contributed by atoms with Crippen LogP contribution in [0.4, 0.5) is 9.52 Å². The number of benzene rings is 2. The minimum atomic E-state index is -0.493. The molecule has 0 bridgehead atoms. The molecule has 0 aliphatic carbocycles. The predicted molar refractivity (Wildman–Crippen MR) is 99.0 cm³/mol. The molecule has 0 aliphatic rings. The summed E-state index contributed by atoms with van der Waals surface area (Å²) in [6.45, 7) is 0. The Kier molecular flexibility index (Phi) is 5.28. The monoisotopic (exact) mass is 424 g/mol. The number of nitrogens with one attached hydrogen (secondary N) is 1. The third-order valence-corrected chi connectivity index (χ3v) is 4.93. The van der Waals surface area contributed by atoms with Gasteiger partial charge >= 0.3 is 0 Å². The Hall–Kier alpha value is -1.76. The summed E-state index contributed by atoms with van der Waals surface area (Å²) in [5.74, 6) is -0.856. The first-order valence-electron chi connectivity index (χ1n) is 6.97. The van der Waals surface area contributed by atoms with E-state index in [1.165, 1.54) is 23.5 Å². The molecule has 1 amide bonds. The van der Waals surface area contributed by atoms with Gasteiger partial charge in [0.25, 0.3) is 0 Å². The number of hydrogen-bond donors (Lipinski definition) is 1. The second-order valence-corrected chi connectivity index (χ2v) is 7.15. The SMILES string of the molecule is O=C(Cc1c(F)cccc1Cl)Nc1nc(-c2ccc(Br)cc2)cs1. The van der Waals surface area contributed by atoms with Gasteiger partial charge in [0.2, 0.25) is 5.91 Å². The molecule has 0 fully saturated rings. The molecule has 1 heterocycles.